The number of hydrogen-bond acceptors (Lipinski definition) is 2. The maximum absolute atomic E-state index is 13.8. The molecule has 0 fully saturated rings. The lowest BCUT2D eigenvalue weighted by atomic mass is 10.1. The third-order valence-corrected chi connectivity index (χ3v) is 3.78. The van der Waals surface area contributed by atoms with Crippen LogP contribution in [0.2, 0.25) is 0 Å². The Morgan fingerprint density at radius 2 is 2.25 bits per heavy atom. The highest BCUT2D eigenvalue weighted by molar-refractivity contribution is 9.10. The van der Waals surface area contributed by atoms with Gasteiger partial charge in [-0.2, -0.15) is 0 Å². The highest BCUT2D eigenvalue weighted by Crippen LogP contribution is 2.20. The van der Waals surface area contributed by atoms with E-state index in [2.05, 4.69) is 30.8 Å². The van der Waals surface area contributed by atoms with E-state index in [1.165, 1.54) is 6.07 Å². The van der Waals surface area contributed by atoms with Crippen molar-refractivity contribution < 1.29 is 4.39 Å². The number of benzene rings is 1. The smallest absolute Gasteiger partial charge is 0.129 e. The van der Waals surface area contributed by atoms with E-state index in [0.29, 0.717) is 5.56 Å². The number of aryl methyl sites for hydroxylation is 1. The summed E-state index contributed by atoms with van der Waals surface area (Å²) in [5.41, 5.74) is 0.711. The number of unbranched alkanes of at least 4 members (excludes halogenated alkanes) is 1. The summed E-state index contributed by atoms with van der Waals surface area (Å²) in [6, 6.07) is 5.22. The highest BCUT2D eigenvalue weighted by Gasteiger charge is 2.10. The van der Waals surface area contributed by atoms with E-state index in [0.717, 1.165) is 30.4 Å². The normalized spacial score (nSPS) is 12.6. The Morgan fingerprint density at radius 3 is 2.95 bits per heavy atom. The standard InChI is InChI=1S/C15H19BrFN3/c1-12(14-5-4-13(16)10-15(14)17)19-6-2-3-8-20-9-7-18-11-20/h4-5,7,9-12,19H,2-3,6,8H2,1H3. The summed E-state index contributed by atoms with van der Waals surface area (Å²) >= 11 is 3.27. The number of rotatable bonds is 7. The molecule has 0 spiro atoms. The predicted octanol–water partition coefficient (Wildman–Crippen LogP) is 3.92. The van der Waals surface area contributed by atoms with Crippen LogP contribution in [0.4, 0.5) is 4.39 Å². The Kier molecular flexibility index (Phi) is 5.73. The molecule has 1 aromatic heterocycles. The van der Waals surface area contributed by atoms with Crippen molar-refractivity contribution in [3.63, 3.8) is 0 Å². The molecule has 2 rings (SSSR count). The Hall–Kier alpha value is -1.20. The molecule has 1 heterocycles. The second-order valence-electron chi connectivity index (χ2n) is 4.85. The van der Waals surface area contributed by atoms with Crippen molar-refractivity contribution in [3.05, 3.63) is 52.8 Å². The van der Waals surface area contributed by atoms with Gasteiger partial charge in [-0.3, -0.25) is 0 Å². The molecule has 0 bridgehead atoms. The summed E-state index contributed by atoms with van der Waals surface area (Å²) in [5.74, 6) is -0.169. The average molecular weight is 340 g/mol. The zero-order valence-electron chi connectivity index (χ0n) is 11.5. The van der Waals surface area contributed by atoms with Crippen molar-refractivity contribution >= 4 is 15.9 Å². The molecule has 1 aromatic carbocycles. The molecule has 0 amide bonds. The first kappa shape index (κ1) is 15.2. The maximum Gasteiger partial charge on any atom is 0.129 e. The minimum absolute atomic E-state index is 0.0244. The van der Waals surface area contributed by atoms with Crippen LogP contribution >= 0.6 is 15.9 Å². The average Bonchev–Trinajstić information content (AvgIpc) is 2.91. The third kappa shape index (κ3) is 4.42. The highest BCUT2D eigenvalue weighted by atomic mass is 79.9. The molecule has 20 heavy (non-hydrogen) atoms. The van der Waals surface area contributed by atoms with Crippen molar-refractivity contribution in [1.29, 1.82) is 0 Å². The summed E-state index contributed by atoms with van der Waals surface area (Å²) in [7, 11) is 0. The Labute approximate surface area is 127 Å². The maximum atomic E-state index is 13.8. The van der Waals surface area contributed by atoms with Crippen molar-refractivity contribution in [1.82, 2.24) is 14.9 Å². The Bertz CT molecular complexity index is 528. The Balaban J connectivity index is 1.70. The molecule has 3 nitrogen and oxygen atoms in total. The van der Waals surface area contributed by atoms with Crippen LogP contribution in [0.5, 0.6) is 0 Å². The molecule has 0 saturated heterocycles. The SMILES string of the molecule is CC(NCCCCn1ccnc1)c1ccc(Br)cc1F. The van der Waals surface area contributed by atoms with E-state index in [-0.39, 0.29) is 11.9 Å². The van der Waals surface area contributed by atoms with Gasteiger partial charge in [0.05, 0.1) is 6.33 Å². The van der Waals surface area contributed by atoms with Gasteiger partial charge in [0.15, 0.2) is 0 Å². The van der Waals surface area contributed by atoms with Crippen LogP contribution in [0.25, 0.3) is 0 Å². The fourth-order valence-electron chi connectivity index (χ4n) is 2.12. The lowest BCUT2D eigenvalue weighted by Crippen LogP contribution is -2.21. The largest absolute Gasteiger partial charge is 0.337 e. The molecule has 0 saturated carbocycles. The zero-order valence-corrected chi connectivity index (χ0v) is 13.1. The molecule has 2 aromatic rings. The predicted molar refractivity (Wildman–Crippen MR) is 82.0 cm³/mol. The number of hydrogen-bond donors (Lipinski definition) is 1. The fourth-order valence-corrected chi connectivity index (χ4v) is 2.45. The van der Waals surface area contributed by atoms with Crippen LogP contribution in [0.15, 0.2) is 41.4 Å². The minimum atomic E-state index is -0.169. The molecule has 108 valence electrons. The van der Waals surface area contributed by atoms with Gasteiger partial charge in [-0.1, -0.05) is 22.0 Å². The molecule has 0 aliphatic carbocycles. The molecule has 1 atom stereocenters. The summed E-state index contributed by atoms with van der Waals surface area (Å²) in [5, 5.41) is 3.36. The van der Waals surface area contributed by atoms with Crippen LogP contribution in [-0.2, 0) is 6.54 Å². The minimum Gasteiger partial charge on any atom is -0.337 e. The van der Waals surface area contributed by atoms with Gasteiger partial charge in [0.25, 0.3) is 0 Å². The van der Waals surface area contributed by atoms with Crippen LogP contribution in [0, 0.1) is 5.82 Å². The van der Waals surface area contributed by atoms with Gasteiger partial charge in [0, 0.05) is 35.0 Å². The molecule has 5 heteroatoms. The van der Waals surface area contributed by atoms with Crippen molar-refractivity contribution in [2.24, 2.45) is 0 Å². The van der Waals surface area contributed by atoms with Crippen LogP contribution < -0.4 is 5.32 Å². The van der Waals surface area contributed by atoms with E-state index >= 15 is 0 Å². The first-order valence-electron chi connectivity index (χ1n) is 6.81. The van der Waals surface area contributed by atoms with E-state index in [4.69, 9.17) is 0 Å². The number of aromatic nitrogens is 2. The molecular formula is C15H19BrFN3. The van der Waals surface area contributed by atoms with Gasteiger partial charge in [-0.15, -0.1) is 0 Å². The van der Waals surface area contributed by atoms with Gasteiger partial charge in [0.2, 0.25) is 0 Å². The van der Waals surface area contributed by atoms with E-state index < -0.39 is 0 Å². The second kappa shape index (κ2) is 7.55. The monoisotopic (exact) mass is 339 g/mol. The molecule has 1 N–H and O–H groups in total. The number of imidazole rings is 1. The second-order valence-corrected chi connectivity index (χ2v) is 5.76. The first-order chi connectivity index (χ1) is 9.66. The van der Waals surface area contributed by atoms with Gasteiger partial charge >= 0.3 is 0 Å². The van der Waals surface area contributed by atoms with Crippen LogP contribution in [0.3, 0.4) is 0 Å². The quantitative estimate of drug-likeness (QED) is 0.775. The summed E-state index contributed by atoms with van der Waals surface area (Å²) in [6.07, 6.45) is 7.72. The number of halogens is 2. The Morgan fingerprint density at radius 1 is 1.40 bits per heavy atom. The van der Waals surface area contributed by atoms with Crippen LogP contribution in [-0.4, -0.2) is 16.1 Å². The molecule has 0 radical (unpaired) electrons. The van der Waals surface area contributed by atoms with E-state index in [9.17, 15) is 4.39 Å². The van der Waals surface area contributed by atoms with Gasteiger partial charge in [0.1, 0.15) is 5.82 Å². The van der Waals surface area contributed by atoms with Crippen molar-refractivity contribution in [2.75, 3.05) is 6.54 Å². The zero-order chi connectivity index (χ0) is 14.4. The van der Waals surface area contributed by atoms with Crippen molar-refractivity contribution in [2.45, 2.75) is 32.4 Å². The van der Waals surface area contributed by atoms with Crippen molar-refractivity contribution in [3.8, 4) is 0 Å². The lowest BCUT2D eigenvalue weighted by molar-refractivity contribution is 0.502. The third-order valence-electron chi connectivity index (χ3n) is 3.28. The fraction of sp³-hybridized carbons (Fsp3) is 0.400. The summed E-state index contributed by atoms with van der Waals surface area (Å²) in [4.78, 5) is 4.01. The van der Waals surface area contributed by atoms with Gasteiger partial charge in [-0.05, 0) is 38.4 Å². The molecule has 1 unspecified atom stereocenters. The molecule has 0 aliphatic heterocycles. The van der Waals surface area contributed by atoms with Crippen LogP contribution in [0.1, 0.15) is 31.4 Å². The van der Waals surface area contributed by atoms with E-state index in [1.807, 2.05) is 31.6 Å². The van der Waals surface area contributed by atoms with Gasteiger partial charge in [-0.25, -0.2) is 9.37 Å². The number of nitrogens with zero attached hydrogens (tertiary/aromatic N) is 2. The van der Waals surface area contributed by atoms with Gasteiger partial charge < -0.3 is 9.88 Å². The van der Waals surface area contributed by atoms with E-state index in [1.54, 1.807) is 6.20 Å². The molecular weight excluding hydrogens is 321 g/mol. The summed E-state index contributed by atoms with van der Waals surface area (Å²) < 4.78 is 16.6. The summed E-state index contributed by atoms with van der Waals surface area (Å²) in [6.45, 7) is 3.84. The topological polar surface area (TPSA) is 29.9 Å². The first-order valence-corrected chi connectivity index (χ1v) is 7.60. The lowest BCUT2D eigenvalue weighted by Gasteiger charge is -2.15. The molecule has 0 aliphatic rings. The number of nitrogens with one attached hydrogen (secondary N) is 1.